The van der Waals surface area contributed by atoms with Gasteiger partial charge in [0.25, 0.3) is 0 Å². The molecule has 1 aliphatic heterocycles. The van der Waals surface area contributed by atoms with Crippen molar-refractivity contribution in [3.63, 3.8) is 0 Å². The number of hydrogen-bond acceptors (Lipinski definition) is 4. The molecule has 6 rings (SSSR count). The van der Waals surface area contributed by atoms with Gasteiger partial charge in [-0.1, -0.05) is 0 Å². The van der Waals surface area contributed by atoms with Gasteiger partial charge in [-0.05, 0) is 118 Å². The second-order valence-corrected chi connectivity index (χ2v) is 12.6. The highest BCUT2D eigenvalue weighted by Gasteiger charge is 2.75. The summed E-state index contributed by atoms with van der Waals surface area (Å²) in [5.74, 6) is 2.92. The maximum Gasteiger partial charge on any atom is 0.416 e. The van der Waals surface area contributed by atoms with E-state index in [-0.39, 0.29) is 0 Å². The highest BCUT2D eigenvalue weighted by atomic mass is 19.4. The van der Waals surface area contributed by atoms with E-state index in [4.69, 9.17) is 5.26 Å². The van der Waals surface area contributed by atoms with Crippen LogP contribution in [0.15, 0.2) is 18.2 Å². The summed E-state index contributed by atoms with van der Waals surface area (Å²) in [7, 11) is 0. The minimum Gasteiger partial charge on any atom is -0.369 e. The van der Waals surface area contributed by atoms with Crippen LogP contribution in [0.3, 0.4) is 0 Å². The lowest BCUT2D eigenvalue weighted by molar-refractivity contribution is -0.137. The van der Waals surface area contributed by atoms with Crippen LogP contribution in [0.1, 0.15) is 87.7 Å². The zero-order valence-corrected chi connectivity index (χ0v) is 21.9. The molecule has 5 fully saturated rings. The van der Waals surface area contributed by atoms with E-state index in [0.717, 1.165) is 81.0 Å². The lowest BCUT2D eigenvalue weighted by Crippen LogP contribution is -2.48. The minimum atomic E-state index is -4.28. The molecule has 4 nitrogen and oxygen atoms in total. The molecule has 0 aromatic heterocycles. The van der Waals surface area contributed by atoms with Crippen molar-refractivity contribution in [3.8, 4) is 6.07 Å². The number of hydrogen-bond donors (Lipinski definition) is 1. The summed E-state index contributed by atoms with van der Waals surface area (Å²) < 4.78 is 40.5. The zero-order valence-electron chi connectivity index (χ0n) is 21.9. The smallest absolute Gasteiger partial charge is 0.369 e. The number of anilines is 1. The molecule has 1 N–H and O–H groups in total. The van der Waals surface area contributed by atoms with E-state index < -0.39 is 11.7 Å². The van der Waals surface area contributed by atoms with Crippen molar-refractivity contribution in [2.45, 2.75) is 94.3 Å². The molecule has 1 heterocycles. The summed E-state index contributed by atoms with van der Waals surface area (Å²) in [5, 5.41) is 12.9. The van der Waals surface area contributed by atoms with Crippen molar-refractivity contribution in [2.24, 2.45) is 17.8 Å². The van der Waals surface area contributed by atoms with E-state index in [2.05, 4.69) is 21.2 Å². The molecule has 37 heavy (non-hydrogen) atoms. The van der Waals surface area contributed by atoms with Crippen LogP contribution >= 0.6 is 0 Å². The Balaban J connectivity index is 0.930. The van der Waals surface area contributed by atoms with E-state index in [1.54, 1.807) is 0 Å². The van der Waals surface area contributed by atoms with E-state index in [1.165, 1.54) is 57.1 Å². The fraction of sp³-hybridized carbons (Fsp3) is 0.767. The Morgan fingerprint density at radius 1 is 0.973 bits per heavy atom. The van der Waals surface area contributed by atoms with Crippen LogP contribution in [0.2, 0.25) is 0 Å². The van der Waals surface area contributed by atoms with Crippen LogP contribution in [0.4, 0.5) is 18.9 Å². The van der Waals surface area contributed by atoms with Crippen molar-refractivity contribution >= 4 is 5.69 Å². The second-order valence-electron chi connectivity index (χ2n) is 12.6. The number of fused-ring (bicyclic) bond motifs is 1. The molecule has 5 aliphatic rings. The molecule has 0 bridgehead atoms. The average molecular weight is 515 g/mol. The van der Waals surface area contributed by atoms with Gasteiger partial charge in [-0.3, -0.25) is 4.90 Å². The Morgan fingerprint density at radius 3 is 2.30 bits per heavy atom. The fourth-order valence-electron chi connectivity index (χ4n) is 7.38. The molecule has 0 spiro atoms. The first-order valence-corrected chi connectivity index (χ1v) is 14.7. The molecule has 2 atom stereocenters. The van der Waals surface area contributed by atoms with Gasteiger partial charge in [0.15, 0.2) is 0 Å². The number of nitrogens with one attached hydrogen (secondary N) is 1. The van der Waals surface area contributed by atoms with Gasteiger partial charge < -0.3 is 10.2 Å². The zero-order chi connectivity index (χ0) is 25.6. The molecule has 4 aliphatic carbocycles. The summed E-state index contributed by atoms with van der Waals surface area (Å²) in [6.45, 7) is 4.57. The van der Waals surface area contributed by atoms with Crippen LogP contribution in [-0.4, -0.2) is 49.2 Å². The maximum atomic E-state index is 13.5. The van der Waals surface area contributed by atoms with Gasteiger partial charge in [-0.25, -0.2) is 0 Å². The molecule has 1 saturated heterocycles. The second kappa shape index (κ2) is 10.1. The topological polar surface area (TPSA) is 42.3 Å². The van der Waals surface area contributed by atoms with E-state index in [1.807, 2.05) is 6.07 Å². The first kappa shape index (κ1) is 25.5. The highest BCUT2D eigenvalue weighted by molar-refractivity contribution is 5.53. The molecule has 4 saturated carbocycles. The van der Waals surface area contributed by atoms with E-state index >= 15 is 0 Å². The summed E-state index contributed by atoms with van der Waals surface area (Å²) >= 11 is 0. The Morgan fingerprint density at radius 2 is 1.70 bits per heavy atom. The normalized spacial score (nSPS) is 33.6. The first-order chi connectivity index (χ1) is 17.9. The summed E-state index contributed by atoms with van der Waals surface area (Å²) in [4.78, 5) is 4.67. The van der Waals surface area contributed by atoms with E-state index in [0.29, 0.717) is 23.9 Å². The molecule has 2 unspecified atom stereocenters. The summed E-state index contributed by atoms with van der Waals surface area (Å²) in [6.07, 6.45) is 8.43. The molecular formula is C30H41F3N4. The Hall–Kier alpha value is -1.78. The quantitative estimate of drug-likeness (QED) is 0.371. The average Bonchev–Trinajstić information content (AvgIpc) is 3.78. The number of benzene rings is 1. The number of halogens is 3. The number of rotatable bonds is 10. The Labute approximate surface area is 219 Å². The van der Waals surface area contributed by atoms with Crippen LogP contribution in [0.25, 0.3) is 0 Å². The van der Waals surface area contributed by atoms with Gasteiger partial charge in [0, 0.05) is 49.9 Å². The van der Waals surface area contributed by atoms with Gasteiger partial charge in [0.2, 0.25) is 0 Å². The number of unbranched alkanes of at least 4 members (excludes halogenated alkanes) is 1. The third-order valence-corrected chi connectivity index (χ3v) is 10.1. The van der Waals surface area contributed by atoms with Crippen LogP contribution in [-0.2, 0) is 6.18 Å². The van der Waals surface area contributed by atoms with Crippen molar-refractivity contribution in [1.29, 1.82) is 5.26 Å². The van der Waals surface area contributed by atoms with Gasteiger partial charge in [-0.15, -0.1) is 0 Å². The van der Waals surface area contributed by atoms with Crippen LogP contribution in [0.5, 0.6) is 0 Å². The van der Waals surface area contributed by atoms with Crippen molar-refractivity contribution in [1.82, 2.24) is 10.2 Å². The van der Waals surface area contributed by atoms with Crippen molar-refractivity contribution in [3.05, 3.63) is 29.3 Å². The lowest BCUT2D eigenvalue weighted by atomic mass is 9.82. The summed E-state index contributed by atoms with van der Waals surface area (Å²) in [6, 6.07) is 7.68. The molecule has 0 amide bonds. The molecule has 7 heteroatoms. The predicted molar refractivity (Wildman–Crippen MR) is 139 cm³/mol. The Bertz CT molecular complexity index is 989. The summed E-state index contributed by atoms with van der Waals surface area (Å²) in [5.41, 5.74) is 1.52. The molecule has 0 radical (unpaired) electrons. The van der Waals surface area contributed by atoms with Gasteiger partial charge >= 0.3 is 6.18 Å². The third-order valence-electron chi connectivity index (χ3n) is 10.1. The number of nitrogens with zero attached hydrogens (tertiary/aromatic N) is 3. The van der Waals surface area contributed by atoms with Crippen molar-refractivity contribution in [2.75, 3.05) is 37.6 Å². The molecule has 1 aromatic rings. The molecular weight excluding hydrogens is 473 g/mol. The minimum absolute atomic E-state index is 0.316. The van der Waals surface area contributed by atoms with Gasteiger partial charge in [-0.2, -0.15) is 18.4 Å². The van der Waals surface area contributed by atoms with Crippen molar-refractivity contribution < 1.29 is 13.2 Å². The first-order valence-electron chi connectivity index (χ1n) is 14.7. The van der Waals surface area contributed by atoms with Gasteiger partial charge in [0.05, 0.1) is 11.6 Å². The third kappa shape index (κ3) is 5.66. The number of piperazine rings is 1. The highest BCUT2D eigenvalue weighted by Crippen LogP contribution is 2.73. The van der Waals surface area contributed by atoms with E-state index in [9.17, 15) is 13.2 Å². The fourth-order valence-corrected chi connectivity index (χ4v) is 7.38. The SMILES string of the molecule is N#CCCCC1(NC2CCC(CCN3CCN(c4cc(C5CC5)cc(C(F)(F)F)c4)CC3)CC2)C2CC21. The largest absolute Gasteiger partial charge is 0.416 e. The molecule has 202 valence electrons. The number of nitriles is 1. The van der Waals surface area contributed by atoms with Crippen LogP contribution in [0, 0.1) is 29.1 Å². The van der Waals surface area contributed by atoms with Crippen LogP contribution < -0.4 is 10.2 Å². The Kier molecular flexibility index (Phi) is 6.94. The standard InChI is InChI=1S/C30H41F3N4/c31-30(32,33)24-17-23(22-5-6-22)18-26(19-24)37-15-13-36(14-16-37)12-9-21-3-7-25(8-4-21)35-29(10-1-2-11-34)27-20-28(27)29/h17-19,21-22,25,27-28,35H,1-10,12-16,20H2. The maximum absolute atomic E-state index is 13.5. The predicted octanol–water partition coefficient (Wildman–Crippen LogP) is 6.33. The monoisotopic (exact) mass is 514 g/mol. The number of alkyl halides is 3. The molecule has 1 aromatic carbocycles. The van der Waals surface area contributed by atoms with Gasteiger partial charge in [0.1, 0.15) is 0 Å². The lowest BCUT2D eigenvalue weighted by Gasteiger charge is -2.38.